The molecular weight excluding hydrogens is 272 g/mol. The first kappa shape index (κ1) is 19.5. The van der Waals surface area contributed by atoms with Crippen molar-refractivity contribution in [2.24, 2.45) is 10.2 Å². The van der Waals surface area contributed by atoms with Crippen LogP contribution in [0.1, 0.15) is 71.6 Å². The van der Waals surface area contributed by atoms with Gasteiger partial charge in [-0.2, -0.15) is 0 Å². The summed E-state index contributed by atoms with van der Waals surface area (Å²) in [6, 6.07) is 0. The summed E-state index contributed by atoms with van der Waals surface area (Å²) >= 11 is 0. The minimum atomic E-state index is -0.841. The standard InChI is InChI=1S/C15H28N2O4/c1-3-5-7-9-11-13-21-15(19)17-16-14(18)20-12-10-8-6-4-2/h3-13H2,1-2H3/b17-16+. The average molecular weight is 300 g/mol. The maximum Gasteiger partial charge on any atom is 0.452 e. The molecule has 6 heteroatoms. The van der Waals surface area contributed by atoms with Crippen molar-refractivity contribution in [3.63, 3.8) is 0 Å². The van der Waals surface area contributed by atoms with Crippen LogP contribution in [0.4, 0.5) is 9.59 Å². The first-order chi connectivity index (χ1) is 10.2. The summed E-state index contributed by atoms with van der Waals surface area (Å²) < 4.78 is 9.62. The van der Waals surface area contributed by atoms with Gasteiger partial charge in [-0.1, -0.05) is 69.0 Å². The maximum absolute atomic E-state index is 11.2. The van der Waals surface area contributed by atoms with Crippen molar-refractivity contribution in [1.29, 1.82) is 0 Å². The van der Waals surface area contributed by atoms with Crippen LogP contribution in [0.3, 0.4) is 0 Å². The Hall–Kier alpha value is -1.46. The zero-order chi connectivity index (χ0) is 15.8. The molecule has 6 nitrogen and oxygen atoms in total. The fourth-order valence-electron chi connectivity index (χ4n) is 1.69. The topological polar surface area (TPSA) is 77.3 Å². The van der Waals surface area contributed by atoms with Gasteiger partial charge in [0.1, 0.15) is 0 Å². The van der Waals surface area contributed by atoms with Crippen LogP contribution >= 0.6 is 0 Å². The van der Waals surface area contributed by atoms with Crippen molar-refractivity contribution in [2.45, 2.75) is 71.6 Å². The van der Waals surface area contributed by atoms with Crippen molar-refractivity contribution in [3.8, 4) is 0 Å². The molecule has 0 aromatic rings. The van der Waals surface area contributed by atoms with Crippen molar-refractivity contribution in [1.82, 2.24) is 0 Å². The van der Waals surface area contributed by atoms with E-state index in [1.165, 1.54) is 12.8 Å². The summed E-state index contributed by atoms with van der Waals surface area (Å²) in [6.07, 6.45) is 7.72. The lowest BCUT2D eigenvalue weighted by molar-refractivity contribution is 0.143. The number of nitrogens with zero attached hydrogens (tertiary/aromatic N) is 2. The molecule has 0 bridgehead atoms. The molecule has 21 heavy (non-hydrogen) atoms. The van der Waals surface area contributed by atoms with Crippen LogP contribution in [0.2, 0.25) is 0 Å². The van der Waals surface area contributed by atoms with Crippen LogP contribution < -0.4 is 0 Å². The lowest BCUT2D eigenvalue weighted by atomic mass is 10.2. The molecule has 0 heterocycles. The van der Waals surface area contributed by atoms with Gasteiger partial charge in [-0.15, -0.1) is 0 Å². The van der Waals surface area contributed by atoms with Gasteiger partial charge in [0, 0.05) is 0 Å². The van der Waals surface area contributed by atoms with Gasteiger partial charge in [0.15, 0.2) is 0 Å². The molecule has 0 saturated carbocycles. The molecule has 0 unspecified atom stereocenters. The van der Waals surface area contributed by atoms with Crippen LogP contribution in [0.25, 0.3) is 0 Å². The average Bonchev–Trinajstić information content (AvgIpc) is 2.48. The summed E-state index contributed by atoms with van der Waals surface area (Å²) in [6.45, 7) is 4.87. The fourth-order valence-corrected chi connectivity index (χ4v) is 1.69. The Morgan fingerprint density at radius 1 is 0.667 bits per heavy atom. The SMILES string of the molecule is CCCCCCCOC(=O)/N=N/C(=O)OCCCCCC. The molecule has 0 atom stereocenters. The smallest absolute Gasteiger partial charge is 0.447 e. The monoisotopic (exact) mass is 300 g/mol. The van der Waals surface area contributed by atoms with E-state index in [-0.39, 0.29) is 0 Å². The molecule has 122 valence electrons. The number of amides is 2. The van der Waals surface area contributed by atoms with Crippen LogP contribution in [-0.2, 0) is 9.47 Å². The van der Waals surface area contributed by atoms with Gasteiger partial charge in [0.05, 0.1) is 13.2 Å². The second-order valence-electron chi connectivity index (χ2n) is 4.90. The van der Waals surface area contributed by atoms with Gasteiger partial charge >= 0.3 is 12.2 Å². The Balaban J connectivity index is 3.52. The number of carbonyl (C=O) groups excluding carboxylic acids is 2. The fraction of sp³-hybridized carbons (Fsp3) is 0.867. The minimum absolute atomic E-state index is 0.310. The van der Waals surface area contributed by atoms with E-state index in [9.17, 15) is 9.59 Å². The molecule has 0 aromatic carbocycles. The Labute approximate surface area is 127 Å². The summed E-state index contributed by atoms with van der Waals surface area (Å²) in [5.74, 6) is 0. The molecule has 0 fully saturated rings. The van der Waals surface area contributed by atoms with Gasteiger partial charge in [-0.25, -0.2) is 9.59 Å². The molecular formula is C15H28N2O4. The van der Waals surface area contributed by atoms with Gasteiger partial charge < -0.3 is 9.47 Å². The molecule has 0 aliphatic carbocycles. The van der Waals surface area contributed by atoms with Crippen molar-refractivity contribution in [3.05, 3.63) is 0 Å². The van der Waals surface area contributed by atoms with Gasteiger partial charge in [0.2, 0.25) is 0 Å². The molecule has 0 N–H and O–H groups in total. The van der Waals surface area contributed by atoms with Gasteiger partial charge in [-0.05, 0) is 12.8 Å². The van der Waals surface area contributed by atoms with Crippen LogP contribution in [0.5, 0.6) is 0 Å². The Morgan fingerprint density at radius 2 is 1.05 bits per heavy atom. The molecule has 0 rings (SSSR count). The summed E-state index contributed by atoms with van der Waals surface area (Å²) in [5.41, 5.74) is 0. The zero-order valence-electron chi connectivity index (χ0n) is 13.3. The van der Waals surface area contributed by atoms with E-state index in [0.29, 0.717) is 13.2 Å². The molecule has 0 aliphatic rings. The van der Waals surface area contributed by atoms with E-state index >= 15 is 0 Å². The first-order valence-electron chi connectivity index (χ1n) is 7.96. The van der Waals surface area contributed by atoms with Crippen molar-refractivity contribution in [2.75, 3.05) is 13.2 Å². The highest BCUT2D eigenvalue weighted by Crippen LogP contribution is 2.03. The first-order valence-corrected chi connectivity index (χ1v) is 7.96. The van der Waals surface area contributed by atoms with E-state index in [1.807, 2.05) is 0 Å². The second kappa shape index (κ2) is 14.9. The normalized spacial score (nSPS) is 10.8. The lowest BCUT2D eigenvalue weighted by Gasteiger charge is -2.01. The third-order valence-corrected chi connectivity index (χ3v) is 2.91. The summed E-state index contributed by atoms with van der Waals surface area (Å²) in [5, 5.41) is 6.32. The largest absolute Gasteiger partial charge is 0.452 e. The third kappa shape index (κ3) is 14.8. The summed E-state index contributed by atoms with van der Waals surface area (Å²) in [7, 11) is 0. The Kier molecular flexibility index (Phi) is 13.9. The van der Waals surface area contributed by atoms with E-state index < -0.39 is 12.2 Å². The maximum atomic E-state index is 11.2. The highest BCUT2D eigenvalue weighted by molar-refractivity contribution is 5.73. The van der Waals surface area contributed by atoms with E-state index in [1.54, 1.807) is 0 Å². The second-order valence-corrected chi connectivity index (χ2v) is 4.90. The predicted octanol–water partition coefficient (Wildman–Crippen LogP) is 5.26. The number of ether oxygens (including phenoxy) is 2. The number of azo groups is 1. The van der Waals surface area contributed by atoms with Crippen molar-refractivity contribution < 1.29 is 19.1 Å². The summed E-state index contributed by atoms with van der Waals surface area (Å²) in [4.78, 5) is 22.3. The zero-order valence-corrected chi connectivity index (χ0v) is 13.3. The molecule has 0 spiro atoms. The molecule has 2 amide bonds. The van der Waals surface area contributed by atoms with Crippen LogP contribution in [0, 0.1) is 0 Å². The number of hydrogen-bond acceptors (Lipinski definition) is 4. The van der Waals surface area contributed by atoms with E-state index in [2.05, 4.69) is 24.1 Å². The quantitative estimate of drug-likeness (QED) is 0.385. The van der Waals surface area contributed by atoms with Gasteiger partial charge in [0.25, 0.3) is 0 Å². The minimum Gasteiger partial charge on any atom is -0.447 e. The van der Waals surface area contributed by atoms with Crippen LogP contribution in [0.15, 0.2) is 10.2 Å². The number of unbranched alkanes of at least 4 members (excludes halogenated alkanes) is 7. The van der Waals surface area contributed by atoms with Gasteiger partial charge in [-0.3, -0.25) is 0 Å². The number of carbonyl (C=O) groups is 2. The highest BCUT2D eigenvalue weighted by atomic mass is 16.6. The number of rotatable bonds is 11. The molecule has 0 radical (unpaired) electrons. The third-order valence-electron chi connectivity index (χ3n) is 2.91. The van der Waals surface area contributed by atoms with E-state index in [0.717, 1.165) is 44.9 Å². The van der Waals surface area contributed by atoms with Crippen molar-refractivity contribution >= 4 is 12.2 Å². The highest BCUT2D eigenvalue weighted by Gasteiger charge is 2.03. The Morgan fingerprint density at radius 3 is 1.48 bits per heavy atom. The Bertz CT molecular complexity index is 306. The number of hydrogen-bond donors (Lipinski definition) is 0. The van der Waals surface area contributed by atoms with E-state index in [4.69, 9.17) is 9.47 Å². The molecule has 0 aromatic heterocycles. The predicted molar refractivity (Wildman–Crippen MR) is 80.5 cm³/mol. The van der Waals surface area contributed by atoms with Crippen LogP contribution in [-0.4, -0.2) is 25.4 Å². The lowest BCUT2D eigenvalue weighted by Crippen LogP contribution is -2.03. The molecule has 0 saturated heterocycles. The molecule has 0 aliphatic heterocycles.